The predicted octanol–water partition coefficient (Wildman–Crippen LogP) is 6.92. The van der Waals surface area contributed by atoms with Gasteiger partial charge in [-0.15, -0.1) is 0 Å². The van der Waals surface area contributed by atoms with Crippen molar-refractivity contribution in [3.63, 3.8) is 0 Å². The topological polar surface area (TPSA) is 56.1 Å². The highest BCUT2D eigenvalue weighted by molar-refractivity contribution is 6.30. The second-order valence-electron chi connectivity index (χ2n) is 9.21. The first-order valence-corrected chi connectivity index (χ1v) is 13.1. The van der Waals surface area contributed by atoms with E-state index in [1.165, 1.54) is 16.6 Å². The number of hydrogen-bond donors (Lipinski definition) is 1. The number of carbonyl (C=O) groups excluding carboxylic acids is 1. The summed E-state index contributed by atoms with van der Waals surface area (Å²) in [5.41, 5.74) is 5.23. The number of fused-ring (bicyclic) bond motifs is 1. The molecule has 3 aromatic carbocycles. The van der Waals surface area contributed by atoms with Crippen LogP contribution in [0.5, 0.6) is 5.75 Å². The highest BCUT2D eigenvalue weighted by atomic mass is 35.5. The molecule has 1 N–H and O–H groups in total. The van der Waals surface area contributed by atoms with Crippen molar-refractivity contribution in [2.75, 3.05) is 13.2 Å². The SMILES string of the molecule is Cc1ccc(C)c(OCCCn2c(CCCCCNC(=O)c3ccc(Cl)cc3)nc3ccccc32)c1. The fourth-order valence-electron chi connectivity index (χ4n) is 4.32. The van der Waals surface area contributed by atoms with Gasteiger partial charge in [0.2, 0.25) is 0 Å². The minimum Gasteiger partial charge on any atom is -0.493 e. The Balaban J connectivity index is 1.25. The molecule has 0 aliphatic rings. The molecule has 0 atom stereocenters. The molecule has 1 aromatic heterocycles. The summed E-state index contributed by atoms with van der Waals surface area (Å²) in [7, 11) is 0. The van der Waals surface area contributed by atoms with Crippen molar-refractivity contribution in [1.82, 2.24) is 14.9 Å². The van der Waals surface area contributed by atoms with Crippen LogP contribution in [0, 0.1) is 13.8 Å². The summed E-state index contributed by atoms with van der Waals surface area (Å²) in [6, 6.07) is 21.6. The number of amides is 1. The Kier molecular flexibility index (Phi) is 9.01. The molecule has 4 rings (SSSR count). The van der Waals surface area contributed by atoms with Crippen LogP contribution in [0.3, 0.4) is 0 Å². The zero-order valence-electron chi connectivity index (χ0n) is 21.1. The maximum Gasteiger partial charge on any atom is 0.251 e. The Morgan fingerprint density at radius 1 is 0.972 bits per heavy atom. The van der Waals surface area contributed by atoms with Crippen molar-refractivity contribution in [3.8, 4) is 5.75 Å². The molecule has 4 aromatic rings. The van der Waals surface area contributed by atoms with Gasteiger partial charge in [0.15, 0.2) is 0 Å². The van der Waals surface area contributed by atoms with E-state index in [4.69, 9.17) is 21.3 Å². The van der Waals surface area contributed by atoms with Gasteiger partial charge in [-0.1, -0.05) is 42.3 Å². The van der Waals surface area contributed by atoms with Gasteiger partial charge in [0, 0.05) is 30.1 Å². The van der Waals surface area contributed by atoms with Crippen LogP contribution < -0.4 is 10.1 Å². The van der Waals surface area contributed by atoms with Crippen molar-refractivity contribution in [2.24, 2.45) is 0 Å². The van der Waals surface area contributed by atoms with E-state index >= 15 is 0 Å². The predicted molar refractivity (Wildman–Crippen MR) is 147 cm³/mol. The number of aromatic nitrogens is 2. The minimum absolute atomic E-state index is 0.0588. The fraction of sp³-hybridized carbons (Fsp3) is 0.333. The third kappa shape index (κ3) is 6.88. The highest BCUT2D eigenvalue weighted by Crippen LogP contribution is 2.21. The number of aryl methyl sites for hydroxylation is 4. The molecule has 6 heteroatoms. The number of para-hydroxylation sites is 2. The van der Waals surface area contributed by atoms with E-state index in [9.17, 15) is 4.79 Å². The molecule has 36 heavy (non-hydrogen) atoms. The molecule has 0 bridgehead atoms. The van der Waals surface area contributed by atoms with Crippen LogP contribution in [0.1, 0.15) is 53.0 Å². The van der Waals surface area contributed by atoms with E-state index in [0.717, 1.165) is 55.7 Å². The Bertz CT molecular complexity index is 1300. The molecule has 0 aliphatic heterocycles. The first-order chi connectivity index (χ1) is 17.5. The Labute approximate surface area is 218 Å². The van der Waals surface area contributed by atoms with E-state index in [1.807, 2.05) is 6.07 Å². The van der Waals surface area contributed by atoms with Crippen LogP contribution in [0.4, 0.5) is 0 Å². The van der Waals surface area contributed by atoms with Crippen molar-refractivity contribution >= 4 is 28.5 Å². The quantitative estimate of drug-likeness (QED) is 0.213. The first-order valence-electron chi connectivity index (χ1n) is 12.7. The number of unbranched alkanes of at least 4 members (excludes halogenated alkanes) is 2. The van der Waals surface area contributed by atoms with E-state index in [-0.39, 0.29) is 5.91 Å². The molecule has 1 heterocycles. The molecule has 0 unspecified atom stereocenters. The summed E-state index contributed by atoms with van der Waals surface area (Å²) in [6.07, 6.45) is 4.82. The summed E-state index contributed by atoms with van der Waals surface area (Å²) < 4.78 is 8.41. The third-order valence-corrected chi connectivity index (χ3v) is 6.58. The summed E-state index contributed by atoms with van der Waals surface area (Å²) >= 11 is 5.89. The van der Waals surface area contributed by atoms with E-state index in [0.29, 0.717) is 23.7 Å². The Morgan fingerprint density at radius 2 is 1.78 bits per heavy atom. The van der Waals surface area contributed by atoms with Gasteiger partial charge in [0.25, 0.3) is 5.91 Å². The summed E-state index contributed by atoms with van der Waals surface area (Å²) in [4.78, 5) is 17.1. The number of halogens is 1. The molecule has 0 aliphatic carbocycles. The number of carbonyl (C=O) groups is 1. The molecule has 1 amide bonds. The fourth-order valence-corrected chi connectivity index (χ4v) is 4.45. The molecule has 0 saturated heterocycles. The van der Waals surface area contributed by atoms with E-state index in [2.05, 4.69) is 60.1 Å². The lowest BCUT2D eigenvalue weighted by molar-refractivity contribution is 0.0953. The highest BCUT2D eigenvalue weighted by Gasteiger charge is 2.11. The summed E-state index contributed by atoms with van der Waals surface area (Å²) in [5.74, 6) is 2.03. The van der Waals surface area contributed by atoms with E-state index in [1.54, 1.807) is 24.3 Å². The third-order valence-electron chi connectivity index (χ3n) is 6.33. The Hall–Kier alpha value is -3.31. The van der Waals surface area contributed by atoms with E-state index < -0.39 is 0 Å². The average Bonchev–Trinajstić information content (AvgIpc) is 3.23. The molecule has 0 fully saturated rings. The molecule has 0 radical (unpaired) electrons. The standard InChI is InChI=1S/C30H34ClN3O2/c1-22-12-13-23(2)28(21-22)36-20-8-19-34-27-10-6-5-9-26(27)33-29(34)11-4-3-7-18-32-30(35)24-14-16-25(31)17-15-24/h5-6,9-10,12-17,21H,3-4,7-8,11,18-20H2,1-2H3,(H,32,35). The molecule has 0 spiro atoms. The lowest BCUT2D eigenvalue weighted by Crippen LogP contribution is -2.24. The van der Waals surface area contributed by atoms with Gasteiger partial charge in [-0.2, -0.15) is 0 Å². The smallest absolute Gasteiger partial charge is 0.251 e. The van der Waals surface area contributed by atoms with Gasteiger partial charge in [0.05, 0.1) is 17.6 Å². The Morgan fingerprint density at radius 3 is 2.61 bits per heavy atom. The largest absolute Gasteiger partial charge is 0.493 e. The molecule has 0 saturated carbocycles. The van der Waals surface area contributed by atoms with Crippen LogP contribution in [-0.4, -0.2) is 28.6 Å². The number of nitrogens with zero attached hydrogens (tertiary/aromatic N) is 2. The first kappa shape index (κ1) is 25.8. The van der Waals surface area contributed by atoms with Gasteiger partial charge in [-0.25, -0.2) is 4.98 Å². The maximum absolute atomic E-state index is 12.2. The summed E-state index contributed by atoms with van der Waals surface area (Å²) in [5, 5.41) is 3.62. The number of ether oxygens (including phenoxy) is 1. The number of benzene rings is 3. The number of nitrogens with one attached hydrogen (secondary N) is 1. The molecule has 5 nitrogen and oxygen atoms in total. The zero-order valence-corrected chi connectivity index (χ0v) is 21.9. The maximum atomic E-state index is 12.2. The molecule has 188 valence electrons. The monoisotopic (exact) mass is 503 g/mol. The minimum atomic E-state index is -0.0588. The summed E-state index contributed by atoms with van der Waals surface area (Å²) in [6.45, 7) is 6.37. The van der Waals surface area contributed by atoms with Crippen molar-refractivity contribution in [2.45, 2.75) is 52.5 Å². The van der Waals surface area contributed by atoms with Crippen LogP contribution in [-0.2, 0) is 13.0 Å². The van der Waals surface area contributed by atoms with Crippen LogP contribution in [0.25, 0.3) is 11.0 Å². The van der Waals surface area contributed by atoms with Crippen LogP contribution in [0.15, 0.2) is 66.7 Å². The van der Waals surface area contributed by atoms with Gasteiger partial charge in [0.1, 0.15) is 11.6 Å². The molecular formula is C30H34ClN3O2. The van der Waals surface area contributed by atoms with Gasteiger partial charge in [-0.3, -0.25) is 4.79 Å². The number of hydrogen-bond acceptors (Lipinski definition) is 3. The lowest BCUT2D eigenvalue weighted by Gasteiger charge is -2.12. The van der Waals surface area contributed by atoms with Crippen molar-refractivity contribution < 1.29 is 9.53 Å². The second-order valence-corrected chi connectivity index (χ2v) is 9.65. The van der Waals surface area contributed by atoms with Crippen molar-refractivity contribution in [3.05, 3.63) is 94.3 Å². The number of imidazole rings is 1. The normalized spacial score (nSPS) is 11.1. The van der Waals surface area contributed by atoms with Gasteiger partial charge < -0.3 is 14.6 Å². The number of rotatable bonds is 12. The lowest BCUT2D eigenvalue weighted by atomic mass is 10.1. The average molecular weight is 504 g/mol. The zero-order chi connectivity index (χ0) is 25.3. The van der Waals surface area contributed by atoms with Crippen LogP contribution in [0.2, 0.25) is 5.02 Å². The second kappa shape index (κ2) is 12.6. The van der Waals surface area contributed by atoms with Crippen LogP contribution >= 0.6 is 11.6 Å². The van der Waals surface area contributed by atoms with Crippen molar-refractivity contribution in [1.29, 1.82) is 0 Å². The van der Waals surface area contributed by atoms with Gasteiger partial charge in [-0.05, 0) is 86.7 Å². The molecular weight excluding hydrogens is 470 g/mol. The van der Waals surface area contributed by atoms with Gasteiger partial charge >= 0.3 is 0 Å².